The Morgan fingerprint density at radius 3 is 2.24 bits per heavy atom. The van der Waals surface area contributed by atoms with Crippen molar-refractivity contribution in [2.24, 2.45) is 5.10 Å². The molecule has 0 fully saturated rings. The third-order valence-corrected chi connectivity index (χ3v) is 8.01. The molecule has 0 aliphatic carbocycles. The molecule has 0 bridgehead atoms. The van der Waals surface area contributed by atoms with Gasteiger partial charge in [-0.05, 0) is 86.1 Å². The summed E-state index contributed by atoms with van der Waals surface area (Å²) in [6, 6.07) is 24.4. The van der Waals surface area contributed by atoms with Crippen LogP contribution >= 0.6 is 11.6 Å². The molecular formula is C30H26ClFN4O4S. The minimum atomic E-state index is -4.20. The van der Waals surface area contributed by atoms with Gasteiger partial charge in [0.15, 0.2) is 0 Å². The first kappa shape index (κ1) is 29.4. The minimum Gasteiger partial charge on any atom is -0.322 e. The molecule has 0 aliphatic heterocycles. The standard InChI is InChI=1S/C30H26ClFN4O4S/c1-20-9-13-27(14-10-20)36(41(39,40)28-15-11-25(32)12-16-28)19-29(37)35-34-21(2)22-5-4-8-26(18-22)33-30(38)23-6-3-7-24(31)17-23/h3-18H,19H2,1-2H3,(H,33,38)(H,35,37)/b34-21-. The van der Waals surface area contributed by atoms with Gasteiger partial charge < -0.3 is 5.32 Å². The number of carbonyl (C=O) groups excluding carboxylic acids is 2. The number of hydrogen-bond acceptors (Lipinski definition) is 5. The Hall–Kier alpha value is -4.54. The highest BCUT2D eigenvalue weighted by molar-refractivity contribution is 7.92. The molecule has 2 N–H and O–H groups in total. The lowest BCUT2D eigenvalue weighted by Crippen LogP contribution is -2.39. The zero-order chi connectivity index (χ0) is 29.6. The van der Waals surface area contributed by atoms with Gasteiger partial charge in [0.25, 0.3) is 21.8 Å². The quantitative estimate of drug-likeness (QED) is 0.190. The van der Waals surface area contributed by atoms with E-state index < -0.39 is 28.3 Å². The Balaban J connectivity index is 1.50. The van der Waals surface area contributed by atoms with E-state index in [4.69, 9.17) is 11.6 Å². The van der Waals surface area contributed by atoms with E-state index in [9.17, 15) is 22.4 Å². The van der Waals surface area contributed by atoms with Gasteiger partial charge in [0.1, 0.15) is 12.4 Å². The Labute approximate surface area is 242 Å². The lowest BCUT2D eigenvalue weighted by molar-refractivity contribution is -0.119. The second kappa shape index (κ2) is 12.8. The van der Waals surface area contributed by atoms with Crippen LogP contribution in [-0.4, -0.2) is 32.5 Å². The molecule has 0 spiro atoms. The topological polar surface area (TPSA) is 108 Å². The molecule has 4 aromatic rings. The Bertz CT molecular complexity index is 1710. The molecule has 0 radical (unpaired) electrons. The zero-order valence-corrected chi connectivity index (χ0v) is 23.7. The number of amides is 2. The number of carbonyl (C=O) groups is 2. The number of halogens is 2. The van der Waals surface area contributed by atoms with Crippen molar-refractivity contribution in [3.8, 4) is 0 Å². The number of anilines is 2. The molecule has 0 atom stereocenters. The Kier molecular flexibility index (Phi) is 9.16. The summed E-state index contributed by atoms with van der Waals surface area (Å²) in [4.78, 5) is 25.3. The van der Waals surface area contributed by atoms with E-state index in [1.54, 1.807) is 79.7 Å². The number of benzene rings is 4. The van der Waals surface area contributed by atoms with Crippen molar-refractivity contribution in [2.45, 2.75) is 18.7 Å². The predicted molar refractivity (Wildman–Crippen MR) is 158 cm³/mol. The molecule has 4 rings (SSSR count). The van der Waals surface area contributed by atoms with E-state index >= 15 is 0 Å². The van der Waals surface area contributed by atoms with Gasteiger partial charge in [-0.15, -0.1) is 0 Å². The summed E-state index contributed by atoms with van der Waals surface area (Å²) in [6.45, 7) is 2.94. The van der Waals surface area contributed by atoms with E-state index in [1.165, 1.54) is 0 Å². The van der Waals surface area contributed by atoms with Gasteiger partial charge in [0, 0.05) is 16.3 Å². The molecule has 210 valence electrons. The van der Waals surface area contributed by atoms with Gasteiger partial charge in [-0.1, -0.05) is 47.5 Å². The smallest absolute Gasteiger partial charge is 0.264 e. The fraction of sp³-hybridized carbons (Fsp3) is 0.100. The monoisotopic (exact) mass is 592 g/mol. The van der Waals surface area contributed by atoms with E-state index in [1.807, 2.05) is 6.92 Å². The summed E-state index contributed by atoms with van der Waals surface area (Å²) in [6.07, 6.45) is 0. The van der Waals surface area contributed by atoms with Gasteiger partial charge >= 0.3 is 0 Å². The molecule has 41 heavy (non-hydrogen) atoms. The SMILES string of the molecule is C/C(=N/NC(=O)CN(c1ccc(C)cc1)S(=O)(=O)c1ccc(F)cc1)c1cccc(NC(=O)c2cccc(Cl)c2)c1. The molecule has 2 amide bonds. The van der Waals surface area contributed by atoms with Crippen molar-refractivity contribution in [1.82, 2.24) is 5.43 Å². The predicted octanol–water partition coefficient (Wildman–Crippen LogP) is 5.78. The van der Waals surface area contributed by atoms with Gasteiger partial charge in [-0.25, -0.2) is 18.2 Å². The molecule has 0 heterocycles. The number of nitrogens with one attached hydrogen (secondary N) is 2. The number of sulfonamides is 1. The van der Waals surface area contributed by atoms with Crippen molar-refractivity contribution in [1.29, 1.82) is 0 Å². The van der Waals surface area contributed by atoms with Gasteiger partial charge in [-0.2, -0.15) is 5.10 Å². The van der Waals surface area contributed by atoms with E-state index in [0.717, 1.165) is 34.1 Å². The molecule has 0 saturated heterocycles. The minimum absolute atomic E-state index is 0.163. The van der Waals surface area contributed by atoms with Crippen LogP contribution in [-0.2, 0) is 14.8 Å². The Morgan fingerprint density at radius 1 is 0.902 bits per heavy atom. The van der Waals surface area contributed by atoms with E-state index in [0.29, 0.717) is 27.5 Å². The van der Waals surface area contributed by atoms with Crippen LogP contribution in [0, 0.1) is 12.7 Å². The number of aryl methyl sites for hydroxylation is 1. The molecule has 4 aromatic carbocycles. The van der Waals surface area contributed by atoms with E-state index in [2.05, 4.69) is 15.8 Å². The van der Waals surface area contributed by atoms with E-state index in [-0.39, 0.29) is 16.5 Å². The maximum atomic E-state index is 13.4. The molecule has 0 saturated carbocycles. The van der Waals surface area contributed by atoms with Crippen LogP contribution in [0.2, 0.25) is 5.02 Å². The molecule has 8 nitrogen and oxygen atoms in total. The van der Waals surface area contributed by atoms with Gasteiger partial charge in [0.2, 0.25) is 0 Å². The van der Waals surface area contributed by atoms with Crippen LogP contribution in [0.25, 0.3) is 0 Å². The molecule has 0 unspecified atom stereocenters. The summed E-state index contributed by atoms with van der Waals surface area (Å²) in [5.74, 6) is -1.62. The molecule has 11 heteroatoms. The van der Waals surface area contributed by atoms with Gasteiger partial charge in [-0.3, -0.25) is 13.9 Å². The summed E-state index contributed by atoms with van der Waals surface area (Å²) in [5.41, 5.74) is 5.50. The first-order valence-corrected chi connectivity index (χ1v) is 14.2. The fourth-order valence-electron chi connectivity index (χ4n) is 3.79. The number of hydrogen-bond donors (Lipinski definition) is 2. The van der Waals surface area contributed by atoms with Crippen LogP contribution in [0.5, 0.6) is 0 Å². The third kappa shape index (κ3) is 7.56. The highest BCUT2D eigenvalue weighted by Gasteiger charge is 2.27. The van der Waals surface area contributed by atoms with Gasteiger partial charge in [0.05, 0.1) is 16.3 Å². The summed E-state index contributed by atoms with van der Waals surface area (Å²) in [7, 11) is -4.20. The number of hydrazone groups is 1. The largest absolute Gasteiger partial charge is 0.322 e. The van der Waals surface area contributed by atoms with Crippen LogP contribution in [0.15, 0.2) is 107 Å². The van der Waals surface area contributed by atoms with Crippen LogP contribution in [0.1, 0.15) is 28.4 Å². The summed E-state index contributed by atoms with van der Waals surface area (Å²) < 4.78 is 41.2. The fourth-order valence-corrected chi connectivity index (χ4v) is 5.40. The molecule has 0 aromatic heterocycles. The normalized spacial score (nSPS) is 11.6. The first-order valence-electron chi connectivity index (χ1n) is 12.4. The van der Waals surface area contributed by atoms with Crippen molar-refractivity contribution in [3.05, 3.63) is 125 Å². The highest BCUT2D eigenvalue weighted by atomic mass is 35.5. The van der Waals surface area contributed by atoms with Crippen molar-refractivity contribution >= 4 is 50.5 Å². The number of rotatable bonds is 9. The average Bonchev–Trinajstić information content (AvgIpc) is 2.95. The Morgan fingerprint density at radius 2 is 1.56 bits per heavy atom. The molecular weight excluding hydrogens is 567 g/mol. The maximum absolute atomic E-state index is 13.4. The summed E-state index contributed by atoms with van der Waals surface area (Å²) >= 11 is 5.97. The lowest BCUT2D eigenvalue weighted by atomic mass is 10.1. The second-order valence-electron chi connectivity index (χ2n) is 9.08. The maximum Gasteiger partial charge on any atom is 0.264 e. The van der Waals surface area contributed by atoms with Crippen LogP contribution in [0.4, 0.5) is 15.8 Å². The van der Waals surface area contributed by atoms with Crippen LogP contribution in [0.3, 0.4) is 0 Å². The summed E-state index contributed by atoms with van der Waals surface area (Å²) in [5, 5.41) is 7.36. The van der Waals surface area contributed by atoms with Crippen molar-refractivity contribution < 1.29 is 22.4 Å². The third-order valence-electron chi connectivity index (χ3n) is 5.98. The molecule has 0 aliphatic rings. The van der Waals surface area contributed by atoms with Crippen molar-refractivity contribution in [2.75, 3.05) is 16.2 Å². The van der Waals surface area contributed by atoms with Crippen molar-refractivity contribution in [3.63, 3.8) is 0 Å². The average molecular weight is 593 g/mol. The lowest BCUT2D eigenvalue weighted by Gasteiger charge is -2.24. The second-order valence-corrected chi connectivity index (χ2v) is 11.4. The number of nitrogens with zero attached hydrogens (tertiary/aromatic N) is 2. The first-order chi connectivity index (χ1) is 19.5. The van der Waals surface area contributed by atoms with Crippen LogP contribution < -0.4 is 15.0 Å². The zero-order valence-electron chi connectivity index (χ0n) is 22.1. The highest BCUT2D eigenvalue weighted by Crippen LogP contribution is 2.24.